The van der Waals surface area contributed by atoms with Crippen LogP contribution in [0.4, 0.5) is 0 Å². The molecule has 0 aliphatic heterocycles. The first-order valence-corrected chi connectivity index (χ1v) is 12.2. The third kappa shape index (κ3) is 7.23. The zero-order valence-corrected chi connectivity index (χ0v) is 21.4. The fourth-order valence-corrected chi connectivity index (χ4v) is 4.35. The number of amides is 2. The molecule has 3 rings (SSSR count). The maximum absolute atomic E-state index is 13.7. The zero-order chi connectivity index (χ0) is 24.7. The molecule has 7 heteroatoms. The number of halogens is 3. The standard InChI is InChI=1S/C27H27Cl3N2O2/c1-18(2)31-27(34)25(14-19-8-4-3-5-9-19)32(17-21-10-6-7-11-23(21)29)26(33)15-20-12-13-22(28)16-24(20)30/h3-13,16,18,25H,14-15,17H2,1-2H3,(H,31,34)/t25-/m0/s1. The van der Waals surface area contributed by atoms with Crippen LogP contribution in [0.2, 0.25) is 15.1 Å². The molecule has 0 unspecified atom stereocenters. The van der Waals surface area contributed by atoms with Gasteiger partial charge in [-0.2, -0.15) is 0 Å². The van der Waals surface area contributed by atoms with Gasteiger partial charge in [0, 0.05) is 34.1 Å². The third-order valence-electron chi connectivity index (χ3n) is 5.36. The minimum atomic E-state index is -0.736. The molecule has 0 fully saturated rings. The smallest absolute Gasteiger partial charge is 0.243 e. The van der Waals surface area contributed by atoms with Crippen LogP contribution in [0.5, 0.6) is 0 Å². The van der Waals surface area contributed by atoms with Crippen molar-refractivity contribution in [3.05, 3.63) is 105 Å². The van der Waals surface area contributed by atoms with Crippen molar-refractivity contribution < 1.29 is 9.59 Å². The summed E-state index contributed by atoms with van der Waals surface area (Å²) in [4.78, 5) is 28.7. The summed E-state index contributed by atoms with van der Waals surface area (Å²) in [5.41, 5.74) is 2.35. The van der Waals surface area contributed by atoms with E-state index in [-0.39, 0.29) is 30.8 Å². The quantitative estimate of drug-likeness (QED) is 0.359. The molecule has 3 aromatic rings. The minimum Gasteiger partial charge on any atom is -0.352 e. The molecule has 34 heavy (non-hydrogen) atoms. The summed E-state index contributed by atoms with van der Waals surface area (Å²) in [7, 11) is 0. The van der Waals surface area contributed by atoms with Crippen LogP contribution in [0.1, 0.15) is 30.5 Å². The van der Waals surface area contributed by atoms with Gasteiger partial charge in [-0.3, -0.25) is 9.59 Å². The van der Waals surface area contributed by atoms with Gasteiger partial charge in [-0.15, -0.1) is 0 Å². The molecule has 0 saturated heterocycles. The van der Waals surface area contributed by atoms with Crippen molar-refractivity contribution in [3.63, 3.8) is 0 Å². The maximum Gasteiger partial charge on any atom is 0.243 e. The van der Waals surface area contributed by atoms with Crippen molar-refractivity contribution in [1.29, 1.82) is 0 Å². The Morgan fingerprint density at radius 2 is 1.53 bits per heavy atom. The van der Waals surface area contributed by atoms with Gasteiger partial charge in [-0.1, -0.05) is 89.4 Å². The highest BCUT2D eigenvalue weighted by Crippen LogP contribution is 2.25. The lowest BCUT2D eigenvalue weighted by molar-refractivity contribution is -0.141. The number of benzene rings is 3. The van der Waals surface area contributed by atoms with E-state index >= 15 is 0 Å². The number of hydrogen-bond donors (Lipinski definition) is 1. The van der Waals surface area contributed by atoms with Gasteiger partial charge in [0.2, 0.25) is 11.8 Å². The van der Waals surface area contributed by atoms with Crippen LogP contribution < -0.4 is 5.32 Å². The van der Waals surface area contributed by atoms with Crippen molar-refractivity contribution in [2.24, 2.45) is 0 Å². The topological polar surface area (TPSA) is 49.4 Å². The highest BCUT2D eigenvalue weighted by molar-refractivity contribution is 6.35. The van der Waals surface area contributed by atoms with Crippen molar-refractivity contribution in [3.8, 4) is 0 Å². The first-order chi connectivity index (χ1) is 16.2. The van der Waals surface area contributed by atoms with Crippen LogP contribution in [0.25, 0.3) is 0 Å². The summed E-state index contributed by atoms with van der Waals surface area (Å²) in [5, 5.41) is 4.41. The first kappa shape index (κ1) is 26.1. The van der Waals surface area contributed by atoms with E-state index in [9.17, 15) is 9.59 Å². The SMILES string of the molecule is CC(C)NC(=O)[C@H](Cc1ccccc1)N(Cc1ccccc1Cl)C(=O)Cc1ccc(Cl)cc1Cl. The Hall–Kier alpha value is -2.53. The number of carbonyl (C=O) groups is 2. The van der Waals surface area contributed by atoms with Gasteiger partial charge in [0.05, 0.1) is 6.42 Å². The van der Waals surface area contributed by atoms with Gasteiger partial charge in [0.15, 0.2) is 0 Å². The van der Waals surface area contributed by atoms with Crippen LogP contribution in [0.15, 0.2) is 72.8 Å². The van der Waals surface area contributed by atoms with Gasteiger partial charge in [0.25, 0.3) is 0 Å². The van der Waals surface area contributed by atoms with Crippen LogP contribution in [-0.2, 0) is 29.0 Å². The highest BCUT2D eigenvalue weighted by Gasteiger charge is 2.31. The monoisotopic (exact) mass is 516 g/mol. The molecule has 0 aromatic heterocycles. The summed E-state index contributed by atoms with van der Waals surface area (Å²) in [6.45, 7) is 3.98. The Kier molecular flexibility index (Phi) is 9.40. The predicted octanol–water partition coefficient (Wildman–Crippen LogP) is 6.35. The average Bonchev–Trinajstić information content (AvgIpc) is 2.79. The van der Waals surface area contributed by atoms with E-state index in [0.717, 1.165) is 11.1 Å². The molecule has 0 aliphatic carbocycles. The molecule has 0 aliphatic rings. The van der Waals surface area contributed by atoms with Gasteiger partial charge in [-0.05, 0) is 48.7 Å². The van der Waals surface area contributed by atoms with Crippen molar-refractivity contribution in [1.82, 2.24) is 10.2 Å². The molecule has 0 radical (unpaired) electrons. The van der Waals surface area contributed by atoms with E-state index < -0.39 is 6.04 Å². The normalized spacial score (nSPS) is 11.8. The van der Waals surface area contributed by atoms with Gasteiger partial charge < -0.3 is 10.2 Å². The molecule has 4 nitrogen and oxygen atoms in total. The molecule has 0 bridgehead atoms. The second kappa shape index (κ2) is 12.3. The number of nitrogens with zero attached hydrogens (tertiary/aromatic N) is 1. The lowest BCUT2D eigenvalue weighted by Gasteiger charge is -2.32. The second-order valence-corrected chi connectivity index (χ2v) is 9.65. The number of rotatable bonds is 9. The van der Waals surface area contributed by atoms with Gasteiger partial charge >= 0.3 is 0 Å². The zero-order valence-electron chi connectivity index (χ0n) is 19.1. The Labute approximate surface area is 215 Å². The summed E-state index contributed by atoms with van der Waals surface area (Å²) in [6.07, 6.45) is 0.393. The summed E-state index contributed by atoms with van der Waals surface area (Å²) < 4.78 is 0. The Bertz CT molecular complexity index is 1140. The molecule has 2 amide bonds. The summed E-state index contributed by atoms with van der Waals surface area (Å²) >= 11 is 18.8. The molecule has 0 heterocycles. The first-order valence-electron chi connectivity index (χ1n) is 11.1. The Balaban J connectivity index is 2.00. The van der Waals surface area contributed by atoms with Crippen LogP contribution in [-0.4, -0.2) is 28.8 Å². The lowest BCUT2D eigenvalue weighted by Crippen LogP contribution is -2.52. The van der Waals surface area contributed by atoms with Crippen molar-refractivity contribution in [2.45, 2.75) is 45.3 Å². The molecule has 178 valence electrons. The van der Waals surface area contributed by atoms with Crippen LogP contribution in [0, 0.1) is 0 Å². The summed E-state index contributed by atoms with van der Waals surface area (Å²) in [6, 6.07) is 21.2. The predicted molar refractivity (Wildman–Crippen MR) is 139 cm³/mol. The fraction of sp³-hybridized carbons (Fsp3) is 0.259. The fourth-order valence-electron chi connectivity index (χ4n) is 3.67. The van der Waals surface area contributed by atoms with Gasteiger partial charge in [-0.25, -0.2) is 0 Å². The van der Waals surface area contributed by atoms with E-state index in [0.29, 0.717) is 27.1 Å². The van der Waals surface area contributed by atoms with Crippen LogP contribution >= 0.6 is 34.8 Å². The maximum atomic E-state index is 13.7. The van der Waals surface area contributed by atoms with E-state index in [2.05, 4.69) is 5.32 Å². The van der Waals surface area contributed by atoms with E-state index in [1.54, 1.807) is 29.2 Å². The number of carbonyl (C=O) groups excluding carboxylic acids is 2. The molecule has 0 spiro atoms. The molecular weight excluding hydrogens is 491 g/mol. The molecule has 1 atom stereocenters. The Morgan fingerprint density at radius 1 is 0.853 bits per heavy atom. The minimum absolute atomic E-state index is 0.0285. The Morgan fingerprint density at radius 3 is 2.18 bits per heavy atom. The molecular formula is C27H27Cl3N2O2. The van der Waals surface area contributed by atoms with E-state index in [1.807, 2.05) is 62.4 Å². The molecule has 0 saturated carbocycles. The molecule has 3 aromatic carbocycles. The largest absolute Gasteiger partial charge is 0.352 e. The van der Waals surface area contributed by atoms with Crippen molar-refractivity contribution >= 4 is 46.6 Å². The number of hydrogen-bond acceptors (Lipinski definition) is 2. The second-order valence-electron chi connectivity index (χ2n) is 8.39. The number of nitrogens with one attached hydrogen (secondary N) is 1. The average molecular weight is 518 g/mol. The van der Waals surface area contributed by atoms with Gasteiger partial charge in [0.1, 0.15) is 6.04 Å². The van der Waals surface area contributed by atoms with Crippen molar-refractivity contribution in [2.75, 3.05) is 0 Å². The highest BCUT2D eigenvalue weighted by atomic mass is 35.5. The molecule has 1 N–H and O–H groups in total. The third-order valence-corrected chi connectivity index (χ3v) is 6.31. The van der Waals surface area contributed by atoms with E-state index in [4.69, 9.17) is 34.8 Å². The summed E-state index contributed by atoms with van der Waals surface area (Å²) in [5.74, 6) is -0.453. The lowest BCUT2D eigenvalue weighted by atomic mass is 10.0. The van der Waals surface area contributed by atoms with Crippen LogP contribution in [0.3, 0.4) is 0 Å². The van der Waals surface area contributed by atoms with E-state index in [1.165, 1.54) is 0 Å².